The molecule has 0 heterocycles. The van der Waals surface area contributed by atoms with Crippen molar-refractivity contribution in [1.29, 1.82) is 0 Å². The molecule has 2 aromatic rings. The van der Waals surface area contributed by atoms with E-state index in [4.69, 9.17) is 0 Å². The molecule has 0 aliphatic carbocycles. The Morgan fingerprint density at radius 2 is 1.69 bits per heavy atom. The third-order valence-corrected chi connectivity index (χ3v) is 4.27. The van der Waals surface area contributed by atoms with Gasteiger partial charge in [-0.1, -0.05) is 49.4 Å². The minimum Gasteiger partial charge on any atom is -0.338 e. The standard InChI is InChI=1S/C20H23F3N2O/c1-15(17-6-4-3-5-7-17)12-13-24-19(26)25(2)14-16-8-10-18(11-9-16)20(21,22)23/h3-11,15H,12-14H2,1-2H3,(H,24,26)/t15-/m1/s1. The number of halogens is 3. The van der Waals surface area contributed by atoms with Gasteiger partial charge in [-0.25, -0.2) is 4.79 Å². The zero-order valence-electron chi connectivity index (χ0n) is 14.9. The van der Waals surface area contributed by atoms with E-state index in [1.54, 1.807) is 7.05 Å². The first-order chi connectivity index (χ1) is 12.3. The highest BCUT2D eigenvalue weighted by molar-refractivity contribution is 5.73. The summed E-state index contributed by atoms with van der Waals surface area (Å²) in [6.45, 7) is 2.89. The van der Waals surface area contributed by atoms with E-state index in [0.717, 1.165) is 18.6 Å². The number of hydrogen-bond acceptors (Lipinski definition) is 1. The van der Waals surface area contributed by atoms with Crippen LogP contribution in [0.25, 0.3) is 0 Å². The summed E-state index contributed by atoms with van der Waals surface area (Å²) in [6.07, 6.45) is -3.54. The molecule has 0 unspecified atom stereocenters. The Labute approximate surface area is 151 Å². The number of nitrogens with one attached hydrogen (secondary N) is 1. The van der Waals surface area contributed by atoms with E-state index in [2.05, 4.69) is 24.4 Å². The Balaban J connectivity index is 1.78. The zero-order valence-corrected chi connectivity index (χ0v) is 14.9. The van der Waals surface area contributed by atoms with Crippen LogP contribution in [0.5, 0.6) is 0 Å². The number of amides is 2. The summed E-state index contributed by atoms with van der Waals surface area (Å²) in [5, 5.41) is 2.85. The van der Waals surface area contributed by atoms with Crippen LogP contribution in [-0.4, -0.2) is 24.5 Å². The number of rotatable bonds is 6. The maximum Gasteiger partial charge on any atom is 0.416 e. The Morgan fingerprint density at radius 3 is 2.27 bits per heavy atom. The summed E-state index contributed by atoms with van der Waals surface area (Å²) in [7, 11) is 1.62. The van der Waals surface area contributed by atoms with Gasteiger partial charge in [0, 0.05) is 20.1 Å². The monoisotopic (exact) mass is 364 g/mol. The summed E-state index contributed by atoms with van der Waals surface area (Å²) >= 11 is 0. The fourth-order valence-electron chi connectivity index (χ4n) is 2.62. The lowest BCUT2D eigenvalue weighted by molar-refractivity contribution is -0.137. The molecule has 0 spiro atoms. The van der Waals surface area contributed by atoms with Crippen molar-refractivity contribution in [3.05, 3.63) is 71.3 Å². The molecule has 140 valence electrons. The molecular formula is C20H23F3N2O. The predicted molar refractivity (Wildman–Crippen MR) is 95.8 cm³/mol. The molecule has 0 aromatic heterocycles. The third-order valence-electron chi connectivity index (χ3n) is 4.27. The van der Waals surface area contributed by atoms with Crippen LogP contribution in [0.4, 0.5) is 18.0 Å². The van der Waals surface area contributed by atoms with Crippen molar-refractivity contribution in [3.8, 4) is 0 Å². The lowest BCUT2D eigenvalue weighted by atomic mass is 9.98. The van der Waals surface area contributed by atoms with Gasteiger partial charge in [0.1, 0.15) is 0 Å². The first-order valence-electron chi connectivity index (χ1n) is 8.47. The van der Waals surface area contributed by atoms with Gasteiger partial charge in [0.25, 0.3) is 0 Å². The lowest BCUT2D eigenvalue weighted by Crippen LogP contribution is -2.37. The first kappa shape index (κ1) is 19.8. The third kappa shape index (κ3) is 5.79. The predicted octanol–water partition coefficient (Wildman–Crippen LogP) is 5.04. The topological polar surface area (TPSA) is 32.3 Å². The molecule has 6 heteroatoms. The average molecular weight is 364 g/mol. The Kier molecular flexibility index (Phi) is 6.66. The fraction of sp³-hybridized carbons (Fsp3) is 0.350. The number of alkyl halides is 3. The summed E-state index contributed by atoms with van der Waals surface area (Å²) in [6, 6.07) is 14.7. The molecule has 2 amide bonds. The molecule has 1 N–H and O–H groups in total. The highest BCUT2D eigenvalue weighted by atomic mass is 19.4. The van der Waals surface area contributed by atoms with E-state index in [-0.39, 0.29) is 12.6 Å². The second-order valence-electron chi connectivity index (χ2n) is 6.38. The van der Waals surface area contributed by atoms with Crippen LogP contribution in [0.15, 0.2) is 54.6 Å². The van der Waals surface area contributed by atoms with Gasteiger partial charge in [-0.15, -0.1) is 0 Å². The number of carbonyl (C=O) groups is 1. The van der Waals surface area contributed by atoms with Crippen LogP contribution in [0.2, 0.25) is 0 Å². The van der Waals surface area contributed by atoms with Gasteiger partial charge in [-0.2, -0.15) is 13.2 Å². The zero-order chi connectivity index (χ0) is 19.2. The van der Waals surface area contributed by atoms with Crippen molar-refractivity contribution in [2.24, 2.45) is 0 Å². The number of hydrogen-bond donors (Lipinski definition) is 1. The molecule has 0 aliphatic heterocycles. The Hall–Kier alpha value is -2.50. The van der Waals surface area contributed by atoms with E-state index in [1.807, 2.05) is 18.2 Å². The van der Waals surface area contributed by atoms with E-state index < -0.39 is 11.7 Å². The molecule has 3 nitrogen and oxygen atoms in total. The molecule has 0 bridgehead atoms. The molecule has 0 radical (unpaired) electrons. The number of urea groups is 1. The quantitative estimate of drug-likeness (QED) is 0.765. The minimum absolute atomic E-state index is 0.245. The number of nitrogens with zero attached hydrogens (tertiary/aromatic N) is 1. The maximum atomic E-state index is 12.6. The van der Waals surface area contributed by atoms with Crippen molar-refractivity contribution < 1.29 is 18.0 Å². The molecule has 0 saturated carbocycles. The number of benzene rings is 2. The van der Waals surface area contributed by atoms with Crippen LogP contribution in [0.3, 0.4) is 0 Å². The van der Waals surface area contributed by atoms with Gasteiger partial charge < -0.3 is 10.2 Å². The van der Waals surface area contributed by atoms with Crippen LogP contribution >= 0.6 is 0 Å². The summed E-state index contributed by atoms with van der Waals surface area (Å²) in [5.74, 6) is 0.330. The van der Waals surface area contributed by atoms with Gasteiger partial charge in [0.05, 0.1) is 5.56 Å². The first-order valence-corrected chi connectivity index (χ1v) is 8.47. The van der Waals surface area contributed by atoms with Gasteiger partial charge >= 0.3 is 12.2 Å². The molecule has 26 heavy (non-hydrogen) atoms. The molecule has 1 atom stereocenters. The van der Waals surface area contributed by atoms with E-state index in [1.165, 1.54) is 22.6 Å². The summed E-state index contributed by atoms with van der Waals surface area (Å²) in [5.41, 5.74) is 1.18. The van der Waals surface area contributed by atoms with Crippen molar-refractivity contribution in [3.63, 3.8) is 0 Å². The van der Waals surface area contributed by atoms with Crippen LogP contribution < -0.4 is 5.32 Å². The molecule has 2 aromatic carbocycles. The van der Waals surface area contributed by atoms with Gasteiger partial charge in [-0.3, -0.25) is 0 Å². The van der Waals surface area contributed by atoms with Crippen LogP contribution in [0.1, 0.15) is 36.0 Å². The van der Waals surface area contributed by atoms with Gasteiger partial charge in [-0.05, 0) is 35.6 Å². The fourth-order valence-corrected chi connectivity index (χ4v) is 2.62. The average Bonchev–Trinajstić information content (AvgIpc) is 2.62. The largest absolute Gasteiger partial charge is 0.416 e. The maximum absolute atomic E-state index is 12.6. The highest BCUT2D eigenvalue weighted by Crippen LogP contribution is 2.29. The van der Waals surface area contributed by atoms with Crippen LogP contribution in [-0.2, 0) is 12.7 Å². The summed E-state index contributed by atoms with van der Waals surface area (Å²) in [4.78, 5) is 13.6. The second kappa shape index (κ2) is 8.74. The van der Waals surface area contributed by atoms with Crippen LogP contribution in [0, 0.1) is 0 Å². The molecule has 0 fully saturated rings. The molecular weight excluding hydrogens is 341 g/mol. The van der Waals surface area contributed by atoms with E-state index in [0.29, 0.717) is 18.0 Å². The molecule has 0 aliphatic rings. The Morgan fingerprint density at radius 1 is 1.08 bits per heavy atom. The normalized spacial score (nSPS) is 12.5. The minimum atomic E-state index is -4.35. The number of carbonyl (C=O) groups excluding carboxylic acids is 1. The molecule has 2 rings (SSSR count). The summed E-state index contributed by atoms with van der Waals surface area (Å²) < 4.78 is 37.7. The van der Waals surface area contributed by atoms with Gasteiger partial charge in [0.15, 0.2) is 0 Å². The van der Waals surface area contributed by atoms with Gasteiger partial charge in [0.2, 0.25) is 0 Å². The van der Waals surface area contributed by atoms with Crippen molar-refractivity contribution in [1.82, 2.24) is 10.2 Å². The van der Waals surface area contributed by atoms with E-state index in [9.17, 15) is 18.0 Å². The lowest BCUT2D eigenvalue weighted by Gasteiger charge is -2.19. The second-order valence-corrected chi connectivity index (χ2v) is 6.38. The smallest absolute Gasteiger partial charge is 0.338 e. The van der Waals surface area contributed by atoms with Crippen molar-refractivity contribution in [2.75, 3.05) is 13.6 Å². The van der Waals surface area contributed by atoms with E-state index >= 15 is 0 Å². The molecule has 0 saturated heterocycles. The SMILES string of the molecule is C[C@H](CCNC(=O)N(C)Cc1ccc(C(F)(F)F)cc1)c1ccccc1. The highest BCUT2D eigenvalue weighted by Gasteiger charge is 2.29. The van der Waals surface area contributed by atoms with Crippen molar-refractivity contribution >= 4 is 6.03 Å². The van der Waals surface area contributed by atoms with Crippen molar-refractivity contribution in [2.45, 2.75) is 32.0 Å². The Bertz CT molecular complexity index is 699.